The van der Waals surface area contributed by atoms with E-state index in [1.54, 1.807) is 12.1 Å². The molecule has 0 saturated heterocycles. The predicted molar refractivity (Wildman–Crippen MR) is 130 cm³/mol. The summed E-state index contributed by atoms with van der Waals surface area (Å²) in [7, 11) is -1.04. The quantitative estimate of drug-likeness (QED) is 0.272. The summed E-state index contributed by atoms with van der Waals surface area (Å²) in [5.74, 6) is 0.573. The van der Waals surface area contributed by atoms with Crippen LogP contribution in [0.1, 0.15) is 20.8 Å². The van der Waals surface area contributed by atoms with Crippen molar-refractivity contribution < 1.29 is 14.2 Å². The first-order valence-corrected chi connectivity index (χ1v) is 11.8. The Morgan fingerprint density at radius 1 is 0.906 bits per heavy atom. The van der Waals surface area contributed by atoms with E-state index in [2.05, 4.69) is 50.4 Å². The van der Waals surface area contributed by atoms with Gasteiger partial charge in [-0.15, -0.1) is 0 Å². The Hall–Kier alpha value is -2.79. The largest absolute Gasteiger partial charge is 0.491 e. The summed E-state index contributed by atoms with van der Waals surface area (Å²) in [5, 5.41) is 16.7. The van der Waals surface area contributed by atoms with Crippen molar-refractivity contribution in [3.8, 4) is 5.75 Å². The van der Waals surface area contributed by atoms with Crippen molar-refractivity contribution in [2.24, 2.45) is 0 Å². The van der Waals surface area contributed by atoms with Crippen LogP contribution in [-0.2, 0) is 4.52 Å². The van der Waals surface area contributed by atoms with E-state index in [0.29, 0.717) is 18.9 Å². The molecule has 0 aromatic heterocycles. The first-order valence-electron chi connectivity index (χ1n) is 10.5. The molecule has 0 bridgehead atoms. The van der Waals surface area contributed by atoms with E-state index in [4.69, 9.17) is 9.26 Å². The van der Waals surface area contributed by atoms with Crippen LogP contribution in [0.25, 0.3) is 0 Å². The minimum Gasteiger partial charge on any atom is -0.491 e. The Balaban J connectivity index is 1.78. The molecule has 0 fully saturated rings. The highest BCUT2D eigenvalue weighted by Crippen LogP contribution is 2.36. The van der Waals surface area contributed by atoms with Gasteiger partial charge < -0.3 is 14.6 Å². The van der Waals surface area contributed by atoms with Crippen LogP contribution in [0, 0.1) is 10.1 Å². The lowest BCUT2D eigenvalue weighted by Gasteiger charge is -2.29. The van der Waals surface area contributed by atoms with E-state index < -0.39 is 13.1 Å². The van der Waals surface area contributed by atoms with Crippen LogP contribution in [0.4, 0.5) is 5.69 Å². The summed E-state index contributed by atoms with van der Waals surface area (Å²) in [6, 6.07) is 26.5. The third kappa shape index (κ3) is 7.41. The number of ether oxygens (including phenoxy) is 1. The maximum atomic E-state index is 10.9. The van der Waals surface area contributed by atoms with Crippen molar-refractivity contribution in [3.63, 3.8) is 0 Å². The molecule has 0 unspecified atom stereocenters. The zero-order valence-electron chi connectivity index (χ0n) is 18.6. The molecule has 1 N–H and O–H groups in total. The van der Waals surface area contributed by atoms with Crippen LogP contribution in [-0.4, -0.2) is 29.7 Å². The lowest BCUT2D eigenvalue weighted by Crippen LogP contribution is -2.43. The van der Waals surface area contributed by atoms with Crippen molar-refractivity contribution in [1.82, 2.24) is 5.32 Å². The van der Waals surface area contributed by atoms with Crippen molar-refractivity contribution in [1.29, 1.82) is 0 Å². The topological polar surface area (TPSA) is 73.6 Å². The van der Waals surface area contributed by atoms with E-state index in [-0.39, 0.29) is 17.3 Å². The maximum absolute atomic E-state index is 10.9. The molecule has 3 aromatic carbocycles. The van der Waals surface area contributed by atoms with Crippen molar-refractivity contribution >= 4 is 24.4 Å². The first kappa shape index (κ1) is 23.9. The molecular formula is C25H29N2O4P. The van der Waals surface area contributed by atoms with Crippen LogP contribution >= 0.6 is 8.15 Å². The van der Waals surface area contributed by atoms with E-state index in [1.165, 1.54) is 12.1 Å². The van der Waals surface area contributed by atoms with E-state index in [9.17, 15) is 10.1 Å². The number of nitro groups is 1. The summed E-state index contributed by atoms with van der Waals surface area (Å²) in [6.45, 7) is 7.25. The molecule has 0 amide bonds. The zero-order valence-corrected chi connectivity index (χ0v) is 19.5. The highest BCUT2D eigenvalue weighted by molar-refractivity contribution is 7.68. The first-order chi connectivity index (χ1) is 15.3. The van der Waals surface area contributed by atoms with Crippen LogP contribution < -0.4 is 20.7 Å². The van der Waals surface area contributed by atoms with Gasteiger partial charge in [0.15, 0.2) is 0 Å². The Bertz CT molecular complexity index is 937. The van der Waals surface area contributed by atoms with E-state index in [0.717, 1.165) is 10.6 Å². The second kappa shape index (κ2) is 11.2. The van der Waals surface area contributed by atoms with Crippen LogP contribution in [0.5, 0.6) is 5.75 Å². The Morgan fingerprint density at radius 2 is 1.44 bits per heavy atom. The molecule has 6 nitrogen and oxygen atoms in total. The van der Waals surface area contributed by atoms with Crippen molar-refractivity contribution in [2.75, 3.05) is 13.2 Å². The maximum Gasteiger partial charge on any atom is 0.269 e. The lowest BCUT2D eigenvalue weighted by molar-refractivity contribution is -0.384. The SMILES string of the molecule is CC(C)(C)NC[C@@H](COc1ccc([N+](=O)[O-])cc1)OP(c1ccccc1)c1ccccc1. The lowest BCUT2D eigenvalue weighted by atomic mass is 10.1. The molecule has 3 aromatic rings. The van der Waals surface area contributed by atoms with Crippen LogP contribution in [0.3, 0.4) is 0 Å². The van der Waals surface area contributed by atoms with E-state index in [1.807, 2.05) is 36.4 Å². The number of nitro benzene ring substituents is 1. The number of benzene rings is 3. The monoisotopic (exact) mass is 452 g/mol. The molecule has 0 radical (unpaired) electrons. The number of nitrogens with zero attached hydrogens (tertiary/aromatic N) is 1. The molecule has 0 saturated carbocycles. The molecule has 32 heavy (non-hydrogen) atoms. The van der Waals surface area contributed by atoms with E-state index >= 15 is 0 Å². The molecule has 0 aliphatic heterocycles. The molecule has 0 aliphatic carbocycles. The van der Waals surface area contributed by atoms with Crippen molar-refractivity contribution in [3.05, 3.63) is 95.0 Å². The van der Waals surface area contributed by atoms with Crippen molar-refractivity contribution in [2.45, 2.75) is 32.4 Å². The molecule has 168 valence electrons. The number of non-ortho nitro benzene ring substituents is 1. The van der Waals surface area contributed by atoms with Gasteiger partial charge in [-0.3, -0.25) is 10.1 Å². The minimum absolute atomic E-state index is 0.0382. The van der Waals surface area contributed by atoms with Gasteiger partial charge in [0.1, 0.15) is 18.5 Å². The second-order valence-corrected chi connectivity index (χ2v) is 10.2. The number of hydrogen-bond acceptors (Lipinski definition) is 5. The van der Waals surface area contributed by atoms with Crippen LogP contribution in [0.15, 0.2) is 84.9 Å². The summed E-state index contributed by atoms with van der Waals surface area (Å²) < 4.78 is 12.6. The van der Waals surface area contributed by atoms with Gasteiger partial charge in [-0.2, -0.15) is 0 Å². The fraction of sp³-hybridized carbons (Fsp3) is 0.280. The smallest absolute Gasteiger partial charge is 0.269 e. The molecule has 0 aliphatic rings. The Labute approximate surface area is 190 Å². The van der Waals surface area contributed by atoms with Gasteiger partial charge in [0.2, 0.25) is 0 Å². The number of rotatable bonds is 10. The highest BCUT2D eigenvalue weighted by Gasteiger charge is 2.23. The van der Waals surface area contributed by atoms with Crippen LogP contribution in [0.2, 0.25) is 0 Å². The molecular weight excluding hydrogens is 423 g/mol. The summed E-state index contributed by atoms with van der Waals surface area (Å²) in [4.78, 5) is 10.5. The van der Waals surface area contributed by atoms with Gasteiger partial charge in [-0.05, 0) is 32.9 Å². The normalized spacial score (nSPS) is 12.5. The number of hydrogen-bond donors (Lipinski definition) is 1. The minimum atomic E-state index is -1.04. The molecule has 7 heteroatoms. The average molecular weight is 452 g/mol. The fourth-order valence-corrected chi connectivity index (χ4v) is 4.81. The highest BCUT2D eigenvalue weighted by atomic mass is 31.1. The number of nitrogens with one attached hydrogen (secondary N) is 1. The molecule has 1 atom stereocenters. The molecule has 0 heterocycles. The summed E-state index contributed by atoms with van der Waals surface area (Å²) >= 11 is 0. The molecule has 3 rings (SSSR count). The standard InChI is InChI=1S/C25H29N2O4P/c1-25(2,3)26-18-22(19-30-21-16-14-20(15-17-21)27(28)29)31-32(23-10-6-4-7-11-23)24-12-8-5-9-13-24/h4-17,22,26H,18-19H2,1-3H3/t22-/m0/s1. The van der Waals surface area contributed by atoms with Gasteiger partial charge in [0.25, 0.3) is 5.69 Å². The third-order valence-electron chi connectivity index (χ3n) is 4.58. The average Bonchev–Trinajstić information content (AvgIpc) is 2.79. The van der Waals surface area contributed by atoms with Gasteiger partial charge >= 0.3 is 0 Å². The van der Waals surface area contributed by atoms with Gasteiger partial charge in [-0.1, -0.05) is 60.7 Å². The Kier molecular flexibility index (Phi) is 8.34. The summed E-state index contributed by atoms with van der Waals surface area (Å²) in [5.41, 5.74) is -0.0340. The predicted octanol–water partition coefficient (Wildman–Crippen LogP) is 4.79. The third-order valence-corrected chi connectivity index (χ3v) is 6.62. The van der Waals surface area contributed by atoms with Gasteiger partial charge in [0, 0.05) is 34.8 Å². The second-order valence-electron chi connectivity index (χ2n) is 8.39. The fourth-order valence-electron chi connectivity index (χ4n) is 2.95. The summed E-state index contributed by atoms with van der Waals surface area (Å²) in [6.07, 6.45) is -0.226. The van der Waals surface area contributed by atoms with Gasteiger partial charge in [-0.25, -0.2) is 0 Å². The Morgan fingerprint density at radius 3 is 1.91 bits per heavy atom. The zero-order chi connectivity index (χ0) is 23.0. The van der Waals surface area contributed by atoms with Gasteiger partial charge in [0.05, 0.1) is 13.1 Å². The molecule has 0 spiro atoms.